The molecule has 0 aliphatic carbocycles. The van der Waals surface area contributed by atoms with E-state index in [0.717, 1.165) is 4.47 Å². The number of hydrogen-bond acceptors (Lipinski definition) is 3. The molecule has 0 bridgehead atoms. The number of benzene rings is 2. The van der Waals surface area contributed by atoms with Crippen molar-refractivity contribution in [2.45, 2.75) is 19.6 Å². The van der Waals surface area contributed by atoms with Crippen LogP contribution in [0.15, 0.2) is 53.0 Å². The summed E-state index contributed by atoms with van der Waals surface area (Å²) in [5, 5.41) is 2.64. The van der Waals surface area contributed by atoms with Crippen LogP contribution in [0.5, 0.6) is 11.5 Å². The predicted octanol–water partition coefficient (Wildman–Crippen LogP) is 4.46. The Labute approximate surface area is 140 Å². The van der Waals surface area contributed by atoms with Crippen LogP contribution in [0.2, 0.25) is 0 Å². The van der Waals surface area contributed by atoms with Gasteiger partial charge in [0.1, 0.15) is 11.5 Å². The highest BCUT2D eigenvalue weighted by Gasteiger charge is 2.15. The second kappa shape index (κ2) is 7.92. The van der Waals surface area contributed by atoms with Gasteiger partial charge in [0.05, 0.1) is 0 Å². The molecule has 0 aromatic heterocycles. The summed E-state index contributed by atoms with van der Waals surface area (Å²) < 4.78 is 34.8. The number of carbonyl (C=O) groups excluding carboxylic acids is 1. The molecule has 1 amide bonds. The average molecular weight is 386 g/mol. The third-order valence-electron chi connectivity index (χ3n) is 2.84. The van der Waals surface area contributed by atoms with Gasteiger partial charge in [-0.05, 0) is 55.5 Å². The number of amides is 1. The van der Waals surface area contributed by atoms with Crippen molar-refractivity contribution in [3.63, 3.8) is 0 Å². The van der Waals surface area contributed by atoms with Gasteiger partial charge in [-0.3, -0.25) is 4.79 Å². The summed E-state index contributed by atoms with van der Waals surface area (Å²) in [6.07, 6.45) is -0.715. The van der Waals surface area contributed by atoms with Crippen LogP contribution in [0, 0.1) is 0 Å². The monoisotopic (exact) mass is 385 g/mol. The standard InChI is InChI=1S/C16H14BrF2NO3/c1-10(22-13-6-2-11(17)3-7-13)15(21)20-12-4-8-14(9-5-12)23-16(18)19/h2-10,16H,1H3,(H,20,21)/t10-/m0/s1. The lowest BCUT2D eigenvalue weighted by Crippen LogP contribution is -2.30. The Kier molecular flexibility index (Phi) is 5.92. The molecule has 0 aliphatic heterocycles. The minimum absolute atomic E-state index is 0.0251. The fraction of sp³-hybridized carbons (Fsp3) is 0.188. The summed E-state index contributed by atoms with van der Waals surface area (Å²) >= 11 is 3.31. The van der Waals surface area contributed by atoms with Crippen molar-refractivity contribution in [2.24, 2.45) is 0 Å². The van der Waals surface area contributed by atoms with Crippen LogP contribution in [0.4, 0.5) is 14.5 Å². The number of ether oxygens (including phenoxy) is 2. The zero-order chi connectivity index (χ0) is 16.8. The van der Waals surface area contributed by atoms with E-state index in [-0.39, 0.29) is 11.7 Å². The molecule has 0 spiro atoms. The molecule has 0 heterocycles. The normalized spacial score (nSPS) is 11.9. The molecule has 0 aliphatic rings. The number of carbonyl (C=O) groups is 1. The summed E-state index contributed by atoms with van der Waals surface area (Å²) in [5.41, 5.74) is 0.461. The predicted molar refractivity (Wildman–Crippen MR) is 85.9 cm³/mol. The maximum atomic E-state index is 12.1. The molecule has 7 heteroatoms. The maximum Gasteiger partial charge on any atom is 0.387 e. The number of nitrogens with one attached hydrogen (secondary N) is 1. The van der Waals surface area contributed by atoms with Gasteiger partial charge in [0.25, 0.3) is 5.91 Å². The SMILES string of the molecule is C[C@H](Oc1ccc(Br)cc1)C(=O)Nc1ccc(OC(F)F)cc1. The highest BCUT2D eigenvalue weighted by atomic mass is 79.9. The Bertz CT molecular complexity index is 647. The van der Waals surface area contributed by atoms with E-state index in [1.165, 1.54) is 24.3 Å². The fourth-order valence-electron chi connectivity index (χ4n) is 1.73. The lowest BCUT2D eigenvalue weighted by Gasteiger charge is -2.15. The van der Waals surface area contributed by atoms with E-state index >= 15 is 0 Å². The van der Waals surface area contributed by atoms with E-state index in [2.05, 4.69) is 26.0 Å². The topological polar surface area (TPSA) is 47.6 Å². The van der Waals surface area contributed by atoms with E-state index in [4.69, 9.17) is 4.74 Å². The van der Waals surface area contributed by atoms with Crippen LogP contribution < -0.4 is 14.8 Å². The van der Waals surface area contributed by atoms with Crippen LogP contribution in [0.1, 0.15) is 6.92 Å². The zero-order valence-corrected chi connectivity index (χ0v) is 13.7. The third-order valence-corrected chi connectivity index (χ3v) is 3.37. The van der Waals surface area contributed by atoms with Crippen LogP contribution in [-0.4, -0.2) is 18.6 Å². The van der Waals surface area contributed by atoms with Gasteiger partial charge < -0.3 is 14.8 Å². The summed E-state index contributed by atoms with van der Waals surface area (Å²) in [6.45, 7) is -1.26. The van der Waals surface area contributed by atoms with Crippen molar-refractivity contribution in [3.05, 3.63) is 53.0 Å². The van der Waals surface area contributed by atoms with Crippen LogP contribution in [-0.2, 0) is 4.79 Å². The van der Waals surface area contributed by atoms with E-state index in [0.29, 0.717) is 11.4 Å². The van der Waals surface area contributed by atoms with E-state index in [1.807, 2.05) is 12.1 Å². The quantitative estimate of drug-likeness (QED) is 0.798. The Hall–Kier alpha value is -2.15. The highest BCUT2D eigenvalue weighted by molar-refractivity contribution is 9.10. The molecular weight excluding hydrogens is 372 g/mol. The number of anilines is 1. The Morgan fingerprint density at radius 3 is 2.09 bits per heavy atom. The van der Waals surface area contributed by atoms with Gasteiger partial charge in [0.2, 0.25) is 0 Å². The molecule has 23 heavy (non-hydrogen) atoms. The molecule has 0 saturated carbocycles. The van der Waals surface area contributed by atoms with Crippen LogP contribution in [0.3, 0.4) is 0 Å². The molecule has 0 saturated heterocycles. The molecule has 0 unspecified atom stereocenters. The van der Waals surface area contributed by atoms with Crippen LogP contribution >= 0.6 is 15.9 Å². The Balaban J connectivity index is 1.91. The van der Waals surface area contributed by atoms with Crippen molar-refractivity contribution in [2.75, 3.05) is 5.32 Å². The molecule has 1 atom stereocenters. The highest BCUT2D eigenvalue weighted by Crippen LogP contribution is 2.19. The van der Waals surface area contributed by atoms with E-state index in [9.17, 15) is 13.6 Å². The minimum atomic E-state index is -2.88. The first-order valence-corrected chi connectivity index (χ1v) is 7.51. The molecule has 122 valence electrons. The number of rotatable bonds is 6. The second-order valence-electron chi connectivity index (χ2n) is 4.61. The van der Waals surface area contributed by atoms with Gasteiger partial charge in [0.15, 0.2) is 6.10 Å². The zero-order valence-electron chi connectivity index (χ0n) is 12.1. The first kappa shape index (κ1) is 17.2. The van der Waals surface area contributed by atoms with Gasteiger partial charge in [-0.1, -0.05) is 15.9 Å². The van der Waals surface area contributed by atoms with Crippen molar-refractivity contribution >= 4 is 27.5 Å². The first-order valence-electron chi connectivity index (χ1n) is 6.72. The minimum Gasteiger partial charge on any atom is -0.481 e. The summed E-state index contributed by atoms with van der Waals surface area (Å²) in [4.78, 5) is 12.0. The second-order valence-corrected chi connectivity index (χ2v) is 5.52. The first-order chi connectivity index (χ1) is 10.9. The summed E-state index contributed by atoms with van der Waals surface area (Å²) in [5.74, 6) is 0.240. The van der Waals surface area contributed by atoms with E-state index < -0.39 is 12.7 Å². The van der Waals surface area contributed by atoms with Gasteiger partial charge in [-0.15, -0.1) is 0 Å². The van der Waals surface area contributed by atoms with Gasteiger partial charge >= 0.3 is 6.61 Å². The lowest BCUT2D eigenvalue weighted by molar-refractivity contribution is -0.122. The van der Waals surface area contributed by atoms with Crippen molar-refractivity contribution in [1.29, 1.82) is 0 Å². The number of hydrogen-bond donors (Lipinski definition) is 1. The molecule has 2 aromatic carbocycles. The number of alkyl halides is 2. The largest absolute Gasteiger partial charge is 0.481 e. The number of halogens is 3. The van der Waals surface area contributed by atoms with E-state index in [1.54, 1.807) is 19.1 Å². The summed E-state index contributed by atoms with van der Waals surface area (Å²) in [6, 6.07) is 12.7. The molecule has 0 fully saturated rings. The maximum absolute atomic E-state index is 12.1. The van der Waals surface area contributed by atoms with Crippen molar-refractivity contribution < 1.29 is 23.0 Å². The Morgan fingerprint density at radius 2 is 1.52 bits per heavy atom. The van der Waals surface area contributed by atoms with Gasteiger partial charge in [0, 0.05) is 10.2 Å². The average Bonchev–Trinajstić information content (AvgIpc) is 2.51. The molecule has 4 nitrogen and oxygen atoms in total. The molecule has 2 rings (SSSR count). The third kappa shape index (κ3) is 5.52. The van der Waals surface area contributed by atoms with Crippen LogP contribution in [0.25, 0.3) is 0 Å². The van der Waals surface area contributed by atoms with Gasteiger partial charge in [-0.2, -0.15) is 8.78 Å². The van der Waals surface area contributed by atoms with Crippen molar-refractivity contribution in [3.8, 4) is 11.5 Å². The van der Waals surface area contributed by atoms with Crippen molar-refractivity contribution in [1.82, 2.24) is 0 Å². The molecule has 1 N–H and O–H groups in total. The smallest absolute Gasteiger partial charge is 0.387 e. The Morgan fingerprint density at radius 1 is 1.00 bits per heavy atom. The summed E-state index contributed by atoms with van der Waals surface area (Å²) in [7, 11) is 0. The fourth-order valence-corrected chi connectivity index (χ4v) is 2.00. The molecule has 0 radical (unpaired) electrons. The lowest BCUT2D eigenvalue weighted by atomic mass is 10.2. The van der Waals surface area contributed by atoms with Gasteiger partial charge in [-0.25, -0.2) is 0 Å². The molecular formula is C16H14BrF2NO3. The molecule has 2 aromatic rings.